The van der Waals surface area contributed by atoms with E-state index >= 15 is 0 Å². The van der Waals surface area contributed by atoms with Gasteiger partial charge in [-0.3, -0.25) is 10.6 Å². The highest BCUT2D eigenvalue weighted by atomic mass is 32.1. The molecule has 6 nitrogen and oxygen atoms in total. The quantitative estimate of drug-likeness (QED) is 0.175. The Kier molecular flexibility index (Phi) is 3.49. The number of nitrogens with one attached hydrogen (secondary N) is 2. The van der Waals surface area contributed by atoms with Gasteiger partial charge in [0, 0.05) is 0 Å². The molecule has 0 unspecified atom stereocenters. The minimum absolute atomic E-state index is 0.477. The SMILES string of the molecule is N=C(N)N(N=C=S)NO. The number of hydrazone groups is 1. The van der Waals surface area contributed by atoms with Gasteiger partial charge in [0.2, 0.25) is 5.96 Å². The summed E-state index contributed by atoms with van der Waals surface area (Å²) in [6, 6.07) is 0. The van der Waals surface area contributed by atoms with Gasteiger partial charge in [0.15, 0.2) is 0 Å². The molecule has 0 rings (SSSR count). The van der Waals surface area contributed by atoms with E-state index in [0.29, 0.717) is 5.12 Å². The number of thiocarbonyl (C=S) groups is 1. The molecule has 0 aromatic carbocycles. The molecule has 0 aliphatic carbocycles. The molecule has 0 saturated heterocycles. The second kappa shape index (κ2) is 3.93. The Bertz CT molecular complexity index is 149. The Labute approximate surface area is 56.4 Å². The molecule has 0 saturated carbocycles. The normalized spacial score (nSPS) is 7.67. The Balaban J connectivity index is 3.98. The lowest BCUT2D eigenvalue weighted by Gasteiger charge is -2.09. The van der Waals surface area contributed by atoms with Crippen LogP contribution >= 0.6 is 12.2 Å². The van der Waals surface area contributed by atoms with Gasteiger partial charge in [-0.15, -0.1) is 5.12 Å². The van der Waals surface area contributed by atoms with Crippen molar-refractivity contribution in [3.63, 3.8) is 0 Å². The molecule has 0 aromatic rings. The summed E-state index contributed by atoms with van der Waals surface area (Å²) in [5.74, 6) is -0.477. The van der Waals surface area contributed by atoms with E-state index in [4.69, 9.17) is 16.4 Å². The standard InChI is InChI=1S/C2H5N5OS/c3-2(4)7(6-8)5-1-9/h6,8H,(H3,3,4). The van der Waals surface area contributed by atoms with E-state index in [0.717, 1.165) is 0 Å². The van der Waals surface area contributed by atoms with Crippen LogP contribution in [0.5, 0.6) is 0 Å². The Hall–Kier alpha value is -1.01. The Morgan fingerprint density at radius 3 is 2.67 bits per heavy atom. The molecule has 0 fully saturated rings. The maximum atomic E-state index is 8.10. The third kappa shape index (κ3) is 2.73. The van der Waals surface area contributed by atoms with Crippen LogP contribution < -0.4 is 11.3 Å². The molecule has 0 atom stereocenters. The molecule has 5 N–H and O–H groups in total. The van der Waals surface area contributed by atoms with Crippen LogP contribution in [0.2, 0.25) is 0 Å². The maximum Gasteiger partial charge on any atom is 0.228 e. The molecule has 7 heteroatoms. The monoisotopic (exact) mass is 147 g/mol. The van der Waals surface area contributed by atoms with E-state index in [1.165, 1.54) is 5.59 Å². The van der Waals surface area contributed by atoms with Crippen LogP contribution in [0.4, 0.5) is 0 Å². The van der Waals surface area contributed by atoms with Crippen LogP contribution in [0, 0.1) is 5.41 Å². The highest BCUT2D eigenvalue weighted by Crippen LogP contribution is 1.74. The average Bonchev–Trinajstić information content (AvgIpc) is 1.82. The first-order valence-electron chi connectivity index (χ1n) is 1.84. The van der Waals surface area contributed by atoms with Crippen LogP contribution in [0.1, 0.15) is 0 Å². The fraction of sp³-hybridized carbons (Fsp3) is 0. The van der Waals surface area contributed by atoms with Crippen LogP contribution in [-0.4, -0.2) is 21.4 Å². The van der Waals surface area contributed by atoms with Gasteiger partial charge < -0.3 is 5.73 Å². The van der Waals surface area contributed by atoms with Crippen molar-refractivity contribution >= 4 is 23.3 Å². The van der Waals surface area contributed by atoms with Crippen molar-refractivity contribution in [3.8, 4) is 0 Å². The zero-order valence-electron chi connectivity index (χ0n) is 4.33. The molecule has 50 valence electrons. The molecule has 0 heterocycles. The van der Waals surface area contributed by atoms with Crippen molar-refractivity contribution in [2.45, 2.75) is 0 Å². The number of hydrogen-bond donors (Lipinski definition) is 4. The molecule has 0 spiro atoms. The molecule has 9 heavy (non-hydrogen) atoms. The van der Waals surface area contributed by atoms with E-state index in [-0.39, 0.29) is 0 Å². The Morgan fingerprint density at radius 2 is 2.56 bits per heavy atom. The second-order valence-electron chi connectivity index (χ2n) is 0.988. The molecule has 0 bridgehead atoms. The molecule has 0 aliphatic rings. The third-order valence-electron chi connectivity index (χ3n) is 0.464. The minimum Gasteiger partial charge on any atom is -0.367 e. The molecule has 0 aromatic heterocycles. The summed E-state index contributed by atoms with van der Waals surface area (Å²) in [6.45, 7) is 0. The number of nitrogens with zero attached hydrogens (tertiary/aromatic N) is 2. The summed E-state index contributed by atoms with van der Waals surface area (Å²) in [7, 11) is 0. The predicted octanol–water partition coefficient (Wildman–Crippen LogP) is -0.907. The van der Waals surface area contributed by atoms with E-state index in [2.05, 4.69) is 17.3 Å². The number of nitrogens with two attached hydrogens (primary N) is 1. The van der Waals surface area contributed by atoms with Gasteiger partial charge in [0.1, 0.15) is 0 Å². The van der Waals surface area contributed by atoms with Gasteiger partial charge >= 0.3 is 0 Å². The highest BCUT2D eigenvalue weighted by molar-refractivity contribution is 7.78. The summed E-state index contributed by atoms with van der Waals surface area (Å²) in [6.07, 6.45) is 0. The third-order valence-corrected chi connectivity index (χ3v) is 0.545. The lowest BCUT2D eigenvalue weighted by atomic mass is 11.0. The lowest BCUT2D eigenvalue weighted by Crippen LogP contribution is -2.40. The van der Waals surface area contributed by atoms with Gasteiger partial charge in [0.05, 0.1) is 5.16 Å². The van der Waals surface area contributed by atoms with Crippen molar-refractivity contribution in [1.29, 1.82) is 5.41 Å². The van der Waals surface area contributed by atoms with Crippen LogP contribution in [-0.2, 0) is 0 Å². The molecule has 0 radical (unpaired) electrons. The fourth-order valence-corrected chi connectivity index (χ4v) is 0.253. The largest absolute Gasteiger partial charge is 0.367 e. The number of hydrazine groups is 1. The summed E-state index contributed by atoms with van der Waals surface area (Å²) >= 11 is 4.15. The average molecular weight is 147 g/mol. The number of guanidine groups is 1. The highest BCUT2D eigenvalue weighted by Gasteiger charge is 1.97. The topological polar surface area (TPSA) is 97.7 Å². The molecule has 0 amide bonds. The van der Waals surface area contributed by atoms with Gasteiger partial charge in [0.25, 0.3) is 0 Å². The van der Waals surface area contributed by atoms with E-state index < -0.39 is 5.96 Å². The summed E-state index contributed by atoms with van der Waals surface area (Å²) in [4.78, 5) is 0. The predicted molar refractivity (Wildman–Crippen MR) is 33.7 cm³/mol. The van der Waals surface area contributed by atoms with Gasteiger partial charge in [-0.25, -0.2) is 0 Å². The zero-order valence-corrected chi connectivity index (χ0v) is 5.14. The van der Waals surface area contributed by atoms with Crippen molar-refractivity contribution in [2.75, 3.05) is 0 Å². The summed E-state index contributed by atoms with van der Waals surface area (Å²) in [5, 5.41) is 20.3. The van der Waals surface area contributed by atoms with Gasteiger partial charge in [-0.2, -0.15) is 0 Å². The minimum atomic E-state index is -0.477. The van der Waals surface area contributed by atoms with E-state index in [9.17, 15) is 0 Å². The Morgan fingerprint density at radius 1 is 2.00 bits per heavy atom. The van der Waals surface area contributed by atoms with Crippen molar-refractivity contribution in [2.24, 2.45) is 10.8 Å². The van der Waals surface area contributed by atoms with Crippen molar-refractivity contribution < 1.29 is 5.21 Å². The first kappa shape index (κ1) is 7.99. The van der Waals surface area contributed by atoms with E-state index in [1.807, 2.05) is 5.16 Å². The van der Waals surface area contributed by atoms with E-state index in [1.54, 1.807) is 0 Å². The first-order chi connectivity index (χ1) is 4.22. The summed E-state index contributed by atoms with van der Waals surface area (Å²) in [5.41, 5.74) is 6.33. The van der Waals surface area contributed by atoms with Gasteiger partial charge in [-0.05, 0) is 12.2 Å². The first-order valence-corrected chi connectivity index (χ1v) is 2.25. The number of isothiocyanates is 1. The van der Waals surface area contributed by atoms with Crippen LogP contribution in [0.3, 0.4) is 0 Å². The fourth-order valence-electron chi connectivity index (χ4n) is 0.171. The molecular formula is C2H5N5OS. The second-order valence-corrected chi connectivity index (χ2v) is 1.17. The van der Waals surface area contributed by atoms with Crippen molar-refractivity contribution in [3.05, 3.63) is 0 Å². The molecular weight excluding hydrogens is 142 g/mol. The summed E-state index contributed by atoms with van der Waals surface area (Å²) < 4.78 is 0. The smallest absolute Gasteiger partial charge is 0.228 e. The van der Waals surface area contributed by atoms with Crippen molar-refractivity contribution in [1.82, 2.24) is 10.7 Å². The zero-order chi connectivity index (χ0) is 7.28. The maximum absolute atomic E-state index is 8.10. The number of rotatable bonds is 2. The lowest BCUT2D eigenvalue weighted by molar-refractivity contribution is 0.0319. The molecule has 0 aliphatic heterocycles. The van der Waals surface area contributed by atoms with Crippen LogP contribution in [0.15, 0.2) is 5.10 Å². The number of hydrogen-bond acceptors (Lipinski definition) is 5. The van der Waals surface area contributed by atoms with Crippen LogP contribution in [0.25, 0.3) is 0 Å². The van der Waals surface area contributed by atoms with Gasteiger partial charge in [-0.1, -0.05) is 10.7 Å².